The molecule has 6 rings (SSSR count). The van der Waals surface area contributed by atoms with Crippen molar-refractivity contribution >= 4 is 0 Å². The molecule has 4 aliphatic carbocycles. The van der Waals surface area contributed by atoms with Gasteiger partial charge in [0.1, 0.15) is 0 Å². The van der Waals surface area contributed by atoms with Crippen LogP contribution in [0.25, 0.3) is 0 Å². The van der Waals surface area contributed by atoms with Gasteiger partial charge in [-0.05, 0) is 99.6 Å². The molecule has 1 saturated heterocycles. The van der Waals surface area contributed by atoms with Crippen LogP contribution in [0.1, 0.15) is 83.1 Å². The number of nitrogens with zero attached hydrogens (tertiary/aromatic N) is 1. The molecule has 5 fully saturated rings. The number of hydrogen-bond donors (Lipinski definition) is 0. The highest BCUT2D eigenvalue weighted by Gasteiger charge is 2.61. The molecule has 5 aliphatic rings. The van der Waals surface area contributed by atoms with Gasteiger partial charge in [0.05, 0.1) is 0 Å². The summed E-state index contributed by atoms with van der Waals surface area (Å²) in [5.74, 6) is 3.15. The topological polar surface area (TPSA) is 3.24 Å². The third-order valence-electron chi connectivity index (χ3n) is 9.03. The van der Waals surface area contributed by atoms with Crippen LogP contribution < -0.4 is 0 Å². The van der Waals surface area contributed by atoms with Crippen molar-refractivity contribution in [2.75, 3.05) is 19.6 Å². The van der Waals surface area contributed by atoms with Crippen molar-refractivity contribution in [2.24, 2.45) is 23.2 Å². The van der Waals surface area contributed by atoms with E-state index < -0.39 is 0 Å². The number of piperidine rings is 1. The van der Waals surface area contributed by atoms with Crippen molar-refractivity contribution in [3.63, 3.8) is 0 Å². The Morgan fingerprint density at radius 3 is 2.22 bits per heavy atom. The fourth-order valence-electron chi connectivity index (χ4n) is 8.35. The third kappa shape index (κ3) is 3.09. The van der Waals surface area contributed by atoms with Crippen LogP contribution in [0.3, 0.4) is 0 Å². The first-order chi connectivity index (χ1) is 13.2. The molecule has 27 heavy (non-hydrogen) atoms. The van der Waals surface area contributed by atoms with Gasteiger partial charge in [-0.25, -0.2) is 0 Å². The number of hydrogen-bond acceptors (Lipinski definition) is 1. The Bertz CT molecular complexity index is 600. The van der Waals surface area contributed by atoms with E-state index in [2.05, 4.69) is 42.2 Å². The van der Waals surface area contributed by atoms with Gasteiger partial charge in [0.2, 0.25) is 0 Å². The molecule has 1 atom stereocenters. The maximum atomic E-state index is 2.87. The Hall–Kier alpha value is -0.820. The summed E-state index contributed by atoms with van der Waals surface area (Å²) in [5, 5.41) is 0. The van der Waals surface area contributed by atoms with Crippen molar-refractivity contribution in [3.8, 4) is 0 Å². The van der Waals surface area contributed by atoms with E-state index in [1.165, 1.54) is 71.0 Å². The largest absolute Gasteiger partial charge is 0.302 e. The molecule has 1 nitrogen and oxygen atoms in total. The van der Waals surface area contributed by atoms with E-state index in [0.29, 0.717) is 10.8 Å². The first-order valence-corrected chi connectivity index (χ1v) is 12.0. The fourth-order valence-corrected chi connectivity index (χ4v) is 8.35. The van der Waals surface area contributed by atoms with Gasteiger partial charge < -0.3 is 4.90 Å². The molecule has 0 aromatic heterocycles. The van der Waals surface area contributed by atoms with E-state index >= 15 is 0 Å². The monoisotopic (exact) mass is 365 g/mol. The first-order valence-electron chi connectivity index (χ1n) is 12.0. The zero-order valence-corrected chi connectivity index (χ0v) is 17.5. The maximum Gasteiger partial charge on any atom is 0.0137 e. The molecule has 1 aromatic carbocycles. The van der Waals surface area contributed by atoms with Crippen LogP contribution >= 0.6 is 0 Å². The minimum atomic E-state index is 0.425. The van der Waals surface area contributed by atoms with Gasteiger partial charge in [0.15, 0.2) is 0 Å². The fraction of sp³-hybridized carbons (Fsp3) is 0.769. The lowest BCUT2D eigenvalue weighted by Crippen LogP contribution is -2.62. The van der Waals surface area contributed by atoms with Gasteiger partial charge in [-0.3, -0.25) is 0 Å². The lowest BCUT2D eigenvalue weighted by molar-refractivity contribution is -0.119. The van der Waals surface area contributed by atoms with E-state index in [0.717, 1.165) is 17.8 Å². The van der Waals surface area contributed by atoms with Crippen LogP contribution in [0.5, 0.6) is 0 Å². The smallest absolute Gasteiger partial charge is 0.0137 e. The Labute approximate surface area is 166 Å². The number of benzene rings is 1. The second kappa shape index (κ2) is 7.21. The highest BCUT2D eigenvalue weighted by molar-refractivity contribution is 5.32. The molecule has 0 N–H and O–H groups in total. The molecule has 0 spiro atoms. The quantitative estimate of drug-likeness (QED) is 0.525. The van der Waals surface area contributed by atoms with Crippen LogP contribution in [0.15, 0.2) is 30.3 Å². The SMILES string of the molecule is CCCCCN1CCCC(c2ccccc2)(C23CC4CC(CC(C4)C2)C3)C1. The first kappa shape index (κ1) is 18.2. The second-order valence-corrected chi connectivity index (χ2v) is 10.7. The Balaban J connectivity index is 1.50. The molecular formula is C26H39N. The zero-order chi connectivity index (χ0) is 18.3. The summed E-state index contributed by atoms with van der Waals surface area (Å²) in [5.41, 5.74) is 2.72. The lowest BCUT2D eigenvalue weighted by Gasteiger charge is -2.66. The van der Waals surface area contributed by atoms with Gasteiger partial charge in [-0.1, -0.05) is 50.1 Å². The van der Waals surface area contributed by atoms with Gasteiger partial charge in [-0.15, -0.1) is 0 Å². The minimum Gasteiger partial charge on any atom is -0.302 e. The van der Waals surface area contributed by atoms with Gasteiger partial charge in [0, 0.05) is 12.0 Å². The molecule has 1 aromatic rings. The normalized spacial score (nSPS) is 41.1. The summed E-state index contributed by atoms with van der Waals surface area (Å²) in [6.07, 6.45) is 16.3. The van der Waals surface area contributed by atoms with Crippen LogP contribution in [0.4, 0.5) is 0 Å². The molecule has 0 amide bonds. The van der Waals surface area contributed by atoms with Crippen molar-refractivity contribution in [1.29, 1.82) is 0 Å². The van der Waals surface area contributed by atoms with Crippen LogP contribution in [-0.2, 0) is 5.41 Å². The molecule has 1 heteroatoms. The van der Waals surface area contributed by atoms with Gasteiger partial charge >= 0.3 is 0 Å². The van der Waals surface area contributed by atoms with E-state index in [1.807, 2.05) is 0 Å². The second-order valence-electron chi connectivity index (χ2n) is 10.7. The molecule has 1 unspecified atom stereocenters. The average Bonchev–Trinajstić information content (AvgIpc) is 2.68. The van der Waals surface area contributed by atoms with Crippen molar-refractivity contribution in [1.82, 2.24) is 4.90 Å². The van der Waals surface area contributed by atoms with E-state index in [4.69, 9.17) is 0 Å². The lowest BCUT2D eigenvalue weighted by atomic mass is 9.40. The summed E-state index contributed by atoms with van der Waals surface area (Å²) < 4.78 is 0. The van der Waals surface area contributed by atoms with Crippen LogP contribution in [0.2, 0.25) is 0 Å². The van der Waals surface area contributed by atoms with Crippen LogP contribution in [-0.4, -0.2) is 24.5 Å². The summed E-state index contributed by atoms with van der Waals surface area (Å²) in [6, 6.07) is 11.8. The predicted molar refractivity (Wildman–Crippen MR) is 114 cm³/mol. The number of unbranched alkanes of at least 4 members (excludes halogenated alkanes) is 2. The minimum absolute atomic E-state index is 0.425. The molecule has 0 radical (unpaired) electrons. The highest BCUT2D eigenvalue weighted by Crippen LogP contribution is 2.67. The standard InChI is InChI=1S/C26H39N/c1-2-3-7-12-27-13-8-11-26(20-27,24-9-5-4-6-10-24)25-17-21-14-22(18-25)16-23(15-21)19-25/h4-6,9-10,21-23H,2-3,7-8,11-20H2,1H3. The third-order valence-corrected chi connectivity index (χ3v) is 9.03. The molecule has 4 saturated carbocycles. The predicted octanol–water partition coefficient (Wildman–Crippen LogP) is 6.43. The summed E-state index contributed by atoms with van der Waals surface area (Å²) in [6.45, 7) is 6.34. The van der Waals surface area contributed by atoms with Crippen LogP contribution in [0, 0.1) is 23.2 Å². The number of rotatable bonds is 6. The van der Waals surface area contributed by atoms with Gasteiger partial charge in [0.25, 0.3) is 0 Å². The van der Waals surface area contributed by atoms with Crippen molar-refractivity contribution < 1.29 is 0 Å². The van der Waals surface area contributed by atoms with Gasteiger partial charge in [-0.2, -0.15) is 0 Å². The molecule has 1 aliphatic heterocycles. The Morgan fingerprint density at radius 2 is 1.59 bits per heavy atom. The number of likely N-dealkylation sites (tertiary alicyclic amines) is 1. The molecule has 148 valence electrons. The molecule has 1 heterocycles. The molecular weight excluding hydrogens is 326 g/mol. The summed E-state index contributed by atoms with van der Waals surface area (Å²) in [4.78, 5) is 2.87. The van der Waals surface area contributed by atoms with Crippen molar-refractivity contribution in [3.05, 3.63) is 35.9 Å². The van der Waals surface area contributed by atoms with E-state index in [9.17, 15) is 0 Å². The average molecular weight is 366 g/mol. The Morgan fingerprint density at radius 1 is 0.926 bits per heavy atom. The zero-order valence-electron chi connectivity index (χ0n) is 17.5. The summed E-state index contributed by atoms with van der Waals surface area (Å²) in [7, 11) is 0. The molecule has 4 bridgehead atoms. The van der Waals surface area contributed by atoms with E-state index in [-0.39, 0.29) is 0 Å². The Kier molecular flexibility index (Phi) is 4.87. The highest BCUT2D eigenvalue weighted by atomic mass is 15.1. The van der Waals surface area contributed by atoms with E-state index in [1.54, 1.807) is 24.8 Å². The van der Waals surface area contributed by atoms with Crippen molar-refractivity contribution in [2.45, 2.75) is 83.0 Å². The summed E-state index contributed by atoms with van der Waals surface area (Å²) >= 11 is 0. The maximum absolute atomic E-state index is 2.87.